The third kappa shape index (κ3) is 4.26. The van der Waals surface area contributed by atoms with Crippen molar-refractivity contribution in [1.29, 1.82) is 0 Å². The van der Waals surface area contributed by atoms with Gasteiger partial charge in [0.25, 0.3) is 0 Å². The minimum absolute atomic E-state index is 0.0572. The molecule has 1 aromatic heterocycles. The van der Waals surface area contributed by atoms with Gasteiger partial charge in [-0.1, -0.05) is 25.5 Å². The number of benzene rings is 1. The highest BCUT2D eigenvalue weighted by atomic mass is 16.2. The molecule has 0 saturated carbocycles. The van der Waals surface area contributed by atoms with Crippen LogP contribution < -0.4 is 5.32 Å². The monoisotopic (exact) mass is 289 g/mol. The van der Waals surface area contributed by atoms with Gasteiger partial charge >= 0.3 is 0 Å². The smallest absolute Gasteiger partial charge is 0.243 e. The van der Waals surface area contributed by atoms with Crippen LogP contribution in [0.4, 0.5) is 0 Å². The van der Waals surface area contributed by atoms with E-state index in [1.54, 1.807) is 0 Å². The average molecular weight is 289 g/mol. The lowest BCUT2D eigenvalue weighted by molar-refractivity contribution is -0.122. The molecule has 1 aromatic carbocycles. The maximum absolute atomic E-state index is 12.0. The standard InChI is InChI=1S/C15H23N5O/c1-4-7-12(19(2)3)10-16-15(21)11-20-17-13-8-5-6-9-14(13)18-20/h5-6,8-9,12H,4,7,10-11H2,1-3H3,(H,16,21)/t12-/m1/s1. The molecule has 1 heterocycles. The quantitative estimate of drug-likeness (QED) is 0.834. The molecule has 6 nitrogen and oxygen atoms in total. The molecule has 0 bridgehead atoms. The molecule has 2 aromatic rings. The Morgan fingerprint density at radius 3 is 2.43 bits per heavy atom. The summed E-state index contributed by atoms with van der Waals surface area (Å²) in [5.74, 6) is -0.0572. The Bertz CT molecular complexity index is 560. The van der Waals surface area contributed by atoms with Gasteiger partial charge in [0.2, 0.25) is 5.91 Å². The van der Waals surface area contributed by atoms with Crippen LogP contribution in [0.3, 0.4) is 0 Å². The molecule has 6 heteroatoms. The molecule has 1 amide bonds. The molecule has 114 valence electrons. The lowest BCUT2D eigenvalue weighted by Crippen LogP contribution is -2.41. The van der Waals surface area contributed by atoms with E-state index < -0.39 is 0 Å². The lowest BCUT2D eigenvalue weighted by Gasteiger charge is -2.24. The van der Waals surface area contributed by atoms with E-state index in [9.17, 15) is 4.79 Å². The number of nitrogens with zero attached hydrogens (tertiary/aromatic N) is 4. The fraction of sp³-hybridized carbons (Fsp3) is 0.533. The Morgan fingerprint density at radius 2 is 1.90 bits per heavy atom. The third-order valence-electron chi connectivity index (χ3n) is 3.50. The number of rotatable bonds is 7. The maximum Gasteiger partial charge on any atom is 0.243 e. The minimum atomic E-state index is -0.0572. The number of nitrogens with one attached hydrogen (secondary N) is 1. The topological polar surface area (TPSA) is 63.1 Å². The number of hydrogen-bond donors (Lipinski definition) is 1. The first-order valence-electron chi connectivity index (χ1n) is 7.33. The van der Waals surface area contributed by atoms with Crippen molar-refractivity contribution in [3.8, 4) is 0 Å². The van der Waals surface area contributed by atoms with E-state index in [4.69, 9.17) is 0 Å². The molecular weight excluding hydrogens is 266 g/mol. The van der Waals surface area contributed by atoms with Crippen LogP contribution >= 0.6 is 0 Å². The number of likely N-dealkylation sites (N-methyl/N-ethyl adjacent to an activating group) is 1. The molecule has 0 aliphatic rings. The summed E-state index contributed by atoms with van der Waals surface area (Å²) in [6.07, 6.45) is 2.17. The second-order valence-electron chi connectivity index (χ2n) is 5.43. The summed E-state index contributed by atoms with van der Waals surface area (Å²) in [6.45, 7) is 2.96. The fourth-order valence-corrected chi connectivity index (χ4v) is 2.27. The third-order valence-corrected chi connectivity index (χ3v) is 3.50. The highest BCUT2D eigenvalue weighted by molar-refractivity contribution is 5.77. The van der Waals surface area contributed by atoms with Gasteiger partial charge in [-0.15, -0.1) is 0 Å². The highest BCUT2D eigenvalue weighted by Crippen LogP contribution is 2.06. The van der Waals surface area contributed by atoms with Crippen LogP contribution in [0.1, 0.15) is 19.8 Å². The average Bonchev–Trinajstić information content (AvgIpc) is 2.85. The number of amides is 1. The fourth-order valence-electron chi connectivity index (χ4n) is 2.27. The SMILES string of the molecule is CCC[C@H](CNC(=O)Cn1nc2ccccc2n1)N(C)C. The van der Waals surface area contributed by atoms with Crippen molar-refractivity contribution in [3.63, 3.8) is 0 Å². The van der Waals surface area contributed by atoms with E-state index in [2.05, 4.69) is 27.3 Å². The highest BCUT2D eigenvalue weighted by Gasteiger charge is 2.12. The molecule has 0 saturated heterocycles. The zero-order valence-electron chi connectivity index (χ0n) is 12.9. The van der Waals surface area contributed by atoms with Gasteiger partial charge < -0.3 is 10.2 Å². The van der Waals surface area contributed by atoms with Crippen LogP contribution in [0, 0.1) is 0 Å². The molecule has 0 spiro atoms. The summed E-state index contributed by atoms with van der Waals surface area (Å²) in [6, 6.07) is 7.96. The van der Waals surface area contributed by atoms with Crippen LogP contribution in [-0.2, 0) is 11.3 Å². The van der Waals surface area contributed by atoms with Gasteiger partial charge in [-0.3, -0.25) is 4.79 Å². The second kappa shape index (κ2) is 7.17. The Labute approximate surface area is 125 Å². The molecule has 0 unspecified atom stereocenters. The van der Waals surface area contributed by atoms with Crippen LogP contribution in [-0.4, -0.2) is 52.5 Å². The predicted octanol–water partition coefficient (Wildman–Crippen LogP) is 1.28. The normalized spacial score (nSPS) is 12.8. The van der Waals surface area contributed by atoms with Gasteiger partial charge in [0.15, 0.2) is 0 Å². The van der Waals surface area contributed by atoms with Crippen molar-refractivity contribution >= 4 is 16.9 Å². The van der Waals surface area contributed by atoms with E-state index in [1.807, 2.05) is 38.4 Å². The van der Waals surface area contributed by atoms with E-state index in [0.29, 0.717) is 12.6 Å². The zero-order valence-corrected chi connectivity index (χ0v) is 12.9. The number of fused-ring (bicyclic) bond motifs is 1. The molecule has 1 N–H and O–H groups in total. The van der Waals surface area contributed by atoms with Gasteiger partial charge in [-0.2, -0.15) is 15.0 Å². The first-order valence-corrected chi connectivity index (χ1v) is 7.33. The Morgan fingerprint density at radius 1 is 1.29 bits per heavy atom. The summed E-state index contributed by atoms with van der Waals surface area (Å²) in [7, 11) is 4.07. The molecular formula is C15H23N5O. The summed E-state index contributed by atoms with van der Waals surface area (Å²) in [4.78, 5) is 15.6. The zero-order chi connectivity index (χ0) is 15.2. The van der Waals surface area contributed by atoms with Crippen LogP contribution in [0.2, 0.25) is 0 Å². The molecule has 0 fully saturated rings. The number of carbonyl (C=O) groups is 1. The molecule has 1 atom stereocenters. The van der Waals surface area contributed by atoms with Crippen molar-refractivity contribution in [3.05, 3.63) is 24.3 Å². The summed E-state index contributed by atoms with van der Waals surface area (Å²) in [5.41, 5.74) is 1.62. The van der Waals surface area contributed by atoms with Crippen molar-refractivity contribution in [2.75, 3.05) is 20.6 Å². The van der Waals surface area contributed by atoms with Gasteiger partial charge in [0.1, 0.15) is 17.6 Å². The van der Waals surface area contributed by atoms with Crippen molar-refractivity contribution in [2.45, 2.75) is 32.4 Å². The Kier molecular flexibility index (Phi) is 5.27. The lowest BCUT2D eigenvalue weighted by atomic mass is 10.1. The molecule has 0 aliphatic heterocycles. The number of hydrogen-bond acceptors (Lipinski definition) is 4. The van der Waals surface area contributed by atoms with E-state index >= 15 is 0 Å². The van der Waals surface area contributed by atoms with Crippen LogP contribution in [0.5, 0.6) is 0 Å². The first kappa shape index (κ1) is 15.4. The van der Waals surface area contributed by atoms with E-state index in [1.165, 1.54) is 4.80 Å². The Balaban J connectivity index is 1.89. The van der Waals surface area contributed by atoms with Gasteiger partial charge in [-0.05, 0) is 32.6 Å². The Hall–Kier alpha value is -1.95. The van der Waals surface area contributed by atoms with Crippen molar-refractivity contribution in [1.82, 2.24) is 25.2 Å². The number of aromatic nitrogens is 3. The van der Waals surface area contributed by atoms with Crippen molar-refractivity contribution in [2.24, 2.45) is 0 Å². The molecule has 2 rings (SSSR count). The van der Waals surface area contributed by atoms with Gasteiger partial charge in [0.05, 0.1) is 0 Å². The molecule has 21 heavy (non-hydrogen) atoms. The first-order chi connectivity index (χ1) is 10.1. The van der Waals surface area contributed by atoms with E-state index in [-0.39, 0.29) is 12.5 Å². The van der Waals surface area contributed by atoms with Gasteiger partial charge in [-0.25, -0.2) is 0 Å². The number of carbonyl (C=O) groups excluding carboxylic acids is 1. The van der Waals surface area contributed by atoms with Crippen molar-refractivity contribution < 1.29 is 4.79 Å². The van der Waals surface area contributed by atoms with Crippen LogP contribution in [0.15, 0.2) is 24.3 Å². The molecule has 0 aliphatic carbocycles. The molecule has 0 radical (unpaired) electrons. The minimum Gasteiger partial charge on any atom is -0.353 e. The van der Waals surface area contributed by atoms with Gasteiger partial charge in [0, 0.05) is 12.6 Å². The second-order valence-corrected chi connectivity index (χ2v) is 5.43. The predicted molar refractivity (Wildman–Crippen MR) is 82.9 cm³/mol. The summed E-state index contributed by atoms with van der Waals surface area (Å²) in [5, 5.41) is 11.5. The largest absolute Gasteiger partial charge is 0.353 e. The summed E-state index contributed by atoms with van der Waals surface area (Å²) < 4.78 is 0. The summed E-state index contributed by atoms with van der Waals surface area (Å²) >= 11 is 0. The maximum atomic E-state index is 12.0. The van der Waals surface area contributed by atoms with Crippen LogP contribution in [0.25, 0.3) is 11.0 Å². The van der Waals surface area contributed by atoms with E-state index in [0.717, 1.165) is 23.9 Å².